The first-order valence-electron chi connectivity index (χ1n) is 10.8. The van der Waals surface area contributed by atoms with Gasteiger partial charge in [-0.05, 0) is 45.7 Å². The molecule has 0 radical (unpaired) electrons. The molecule has 1 N–H and O–H groups in total. The van der Waals surface area contributed by atoms with Gasteiger partial charge in [0.05, 0.1) is 12.9 Å². The standard InChI is InChI=1S/C22H35N5O3.ClH/c1-6-14-27-20(28)18-19(24(5)21(27)29)23-17-26(18)16-10-9-12-22(4,30)13-11-15-25(7-2)8-3;/h17,30H,6-10,12,14-16H2,1-5H3;1H. The lowest BCUT2D eigenvalue weighted by molar-refractivity contribution is 0.108. The number of aromatic nitrogens is 4. The first-order chi connectivity index (χ1) is 14.3. The Morgan fingerprint density at radius 2 is 1.84 bits per heavy atom. The maximum absolute atomic E-state index is 12.8. The van der Waals surface area contributed by atoms with Crippen LogP contribution >= 0.6 is 12.4 Å². The number of nitrogens with zero attached hydrogens (tertiary/aromatic N) is 5. The van der Waals surface area contributed by atoms with Gasteiger partial charge in [0.15, 0.2) is 11.2 Å². The molecule has 1 atom stereocenters. The summed E-state index contributed by atoms with van der Waals surface area (Å²) in [5.74, 6) is 6.06. The number of hydrogen-bond donors (Lipinski definition) is 1. The Bertz CT molecular complexity index is 1020. The van der Waals surface area contributed by atoms with Gasteiger partial charge in [-0.15, -0.1) is 12.4 Å². The molecule has 0 aliphatic rings. The van der Waals surface area contributed by atoms with Crippen LogP contribution in [0.2, 0.25) is 0 Å². The van der Waals surface area contributed by atoms with Crippen molar-refractivity contribution in [3.8, 4) is 11.8 Å². The topological polar surface area (TPSA) is 85.3 Å². The van der Waals surface area contributed by atoms with Crippen LogP contribution in [0, 0.1) is 11.8 Å². The summed E-state index contributed by atoms with van der Waals surface area (Å²) in [6, 6.07) is 0. The van der Waals surface area contributed by atoms with Gasteiger partial charge in [0, 0.05) is 20.1 Å². The third-order valence-electron chi connectivity index (χ3n) is 5.42. The zero-order valence-electron chi connectivity index (χ0n) is 19.3. The molecule has 0 amide bonds. The molecule has 0 spiro atoms. The molecular formula is C22H36ClN5O3. The highest BCUT2D eigenvalue weighted by Crippen LogP contribution is 2.14. The normalized spacial score (nSPS) is 13.0. The lowest BCUT2D eigenvalue weighted by atomic mass is 9.99. The number of aliphatic hydroxyl groups is 1. The number of rotatable bonds is 10. The second kappa shape index (κ2) is 12.1. The second-order valence-corrected chi connectivity index (χ2v) is 7.90. The first kappa shape index (κ1) is 27.0. The molecule has 0 aliphatic carbocycles. The van der Waals surface area contributed by atoms with Gasteiger partial charge in [0.25, 0.3) is 5.56 Å². The number of fused-ring (bicyclic) bond motifs is 1. The summed E-state index contributed by atoms with van der Waals surface area (Å²) in [5, 5.41) is 10.5. The van der Waals surface area contributed by atoms with Gasteiger partial charge in [0.2, 0.25) is 0 Å². The van der Waals surface area contributed by atoms with E-state index in [0.717, 1.165) is 25.9 Å². The van der Waals surface area contributed by atoms with E-state index in [2.05, 4.69) is 35.6 Å². The fraction of sp³-hybridized carbons (Fsp3) is 0.682. The molecule has 0 saturated heterocycles. The van der Waals surface area contributed by atoms with Crippen LogP contribution in [0.3, 0.4) is 0 Å². The molecule has 0 fully saturated rings. The van der Waals surface area contributed by atoms with E-state index in [9.17, 15) is 14.7 Å². The van der Waals surface area contributed by atoms with Crippen molar-refractivity contribution in [3.63, 3.8) is 0 Å². The van der Waals surface area contributed by atoms with Gasteiger partial charge in [-0.3, -0.25) is 18.8 Å². The minimum absolute atomic E-state index is 0. The quantitative estimate of drug-likeness (QED) is 0.439. The number of halogens is 1. The Labute approximate surface area is 190 Å². The number of unbranched alkanes of at least 4 members (excludes halogenated alkanes) is 1. The summed E-state index contributed by atoms with van der Waals surface area (Å²) in [6.07, 6.45) is 4.42. The Kier molecular flexibility index (Phi) is 10.5. The summed E-state index contributed by atoms with van der Waals surface area (Å²) in [4.78, 5) is 31.7. The third-order valence-corrected chi connectivity index (χ3v) is 5.42. The molecule has 0 aliphatic heterocycles. The van der Waals surface area contributed by atoms with E-state index in [4.69, 9.17) is 0 Å². The maximum atomic E-state index is 12.8. The van der Waals surface area contributed by atoms with Crippen LogP contribution < -0.4 is 11.2 Å². The third kappa shape index (κ3) is 6.70. The van der Waals surface area contributed by atoms with E-state index in [0.29, 0.717) is 43.6 Å². The van der Waals surface area contributed by atoms with Crippen LogP contribution in [0.1, 0.15) is 53.4 Å². The lowest BCUT2D eigenvalue weighted by Gasteiger charge is -2.17. The fourth-order valence-corrected chi connectivity index (χ4v) is 3.52. The summed E-state index contributed by atoms with van der Waals surface area (Å²) >= 11 is 0. The monoisotopic (exact) mass is 453 g/mol. The van der Waals surface area contributed by atoms with Gasteiger partial charge in [0.1, 0.15) is 5.60 Å². The van der Waals surface area contributed by atoms with E-state index < -0.39 is 5.60 Å². The zero-order chi connectivity index (χ0) is 22.3. The average molecular weight is 454 g/mol. The van der Waals surface area contributed by atoms with Crippen molar-refractivity contribution < 1.29 is 5.11 Å². The van der Waals surface area contributed by atoms with Crippen molar-refractivity contribution >= 4 is 23.6 Å². The van der Waals surface area contributed by atoms with Gasteiger partial charge >= 0.3 is 5.69 Å². The van der Waals surface area contributed by atoms with E-state index in [-0.39, 0.29) is 23.7 Å². The summed E-state index contributed by atoms with van der Waals surface area (Å²) in [5.41, 5.74) is -0.786. The minimum atomic E-state index is -1.03. The lowest BCUT2D eigenvalue weighted by Crippen LogP contribution is -2.39. The average Bonchev–Trinajstić information content (AvgIpc) is 3.14. The van der Waals surface area contributed by atoms with Crippen molar-refractivity contribution in [1.29, 1.82) is 0 Å². The molecule has 8 nitrogen and oxygen atoms in total. The Morgan fingerprint density at radius 1 is 1.16 bits per heavy atom. The Morgan fingerprint density at radius 3 is 2.45 bits per heavy atom. The number of imidazole rings is 1. The van der Waals surface area contributed by atoms with Crippen molar-refractivity contribution in [2.24, 2.45) is 7.05 Å². The molecule has 2 aromatic heterocycles. The Hall–Kier alpha value is -2.08. The SMILES string of the molecule is CCCn1c(=O)c2c(ncn2CCCCC(C)(O)C#CCN(CC)CC)n(C)c1=O.Cl. The van der Waals surface area contributed by atoms with Crippen LogP contribution in [-0.4, -0.2) is 53.9 Å². The second-order valence-electron chi connectivity index (χ2n) is 7.90. The Balaban J connectivity index is 0.00000480. The van der Waals surface area contributed by atoms with Gasteiger partial charge in [-0.25, -0.2) is 9.78 Å². The van der Waals surface area contributed by atoms with Crippen molar-refractivity contribution in [3.05, 3.63) is 27.2 Å². The number of aryl methyl sites for hydroxylation is 2. The fourth-order valence-electron chi connectivity index (χ4n) is 3.52. The molecular weight excluding hydrogens is 418 g/mol. The molecule has 9 heteroatoms. The van der Waals surface area contributed by atoms with Crippen molar-refractivity contribution in [2.45, 2.75) is 72.1 Å². The molecule has 174 valence electrons. The number of hydrogen-bond acceptors (Lipinski definition) is 5. The van der Waals surface area contributed by atoms with Crippen LogP contribution in [0.5, 0.6) is 0 Å². The summed E-state index contributed by atoms with van der Waals surface area (Å²) in [6.45, 7) is 11.4. The van der Waals surface area contributed by atoms with E-state index in [1.165, 1.54) is 9.13 Å². The largest absolute Gasteiger partial charge is 0.378 e. The van der Waals surface area contributed by atoms with Crippen LogP contribution in [0.15, 0.2) is 15.9 Å². The smallest absolute Gasteiger partial charge is 0.332 e. The van der Waals surface area contributed by atoms with Gasteiger partial charge < -0.3 is 9.67 Å². The van der Waals surface area contributed by atoms with Crippen molar-refractivity contribution in [2.75, 3.05) is 19.6 Å². The van der Waals surface area contributed by atoms with Crippen LogP contribution in [0.25, 0.3) is 11.2 Å². The van der Waals surface area contributed by atoms with Crippen molar-refractivity contribution in [1.82, 2.24) is 23.6 Å². The predicted octanol–water partition coefficient (Wildman–Crippen LogP) is 1.99. The highest BCUT2D eigenvalue weighted by atomic mass is 35.5. The maximum Gasteiger partial charge on any atom is 0.332 e. The van der Waals surface area contributed by atoms with E-state index in [1.807, 2.05) is 11.5 Å². The van der Waals surface area contributed by atoms with Gasteiger partial charge in [-0.2, -0.15) is 0 Å². The van der Waals surface area contributed by atoms with Crippen LogP contribution in [0.4, 0.5) is 0 Å². The molecule has 0 saturated carbocycles. The molecule has 1 unspecified atom stereocenters. The highest BCUT2D eigenvalue weighted by Gasteiger charge is 2.18. The molecule has 2 rings (SSSR count). The van der Waals surface area contributed by atoms with E-state index >= 15 is 0 Å². The molecule has 0 aromatic carbocycles. The molecule has 0 bridgehead atoms. The van der Waals surface area contributed by atoms with Crippen LogP contribution in [-0.2, 0) is 20.1 Å². The summed E-state index contributed by atoms with van der Waals surface area (Å²) < 4.78 is 4.51. The highest BCUT2D eigenvalue weighted by molar-refractivity contribution is 5.85. The van der Waals surface area contributed by atoms with Gasteiger partial charge in [-0.1, -0.05) is 32.6 Å². The molecule has 2 aromatic rings. The van der Waals surface area contributed by atoms with E-state index in [1.54, 1.807) is 20.3 Å². The minimum Gasteiger partial charge on any atom is -0.378 e. The molecule has 31 heavy (non-hydrogen) atoms. The summed E-state index contributed by atoms with van der Waals surface area (Å²) in [7, 11) is 1.64. The molecule has 2 heterocycles. The predicted molar refractivity (Wildman–Crippen MR) is 127 cm³/mol. The zero-order valence-corrected chi connectivity index (χ0v) is 20.2. The first-order valence-corrected chi connectivity index (χ1v) is 10.8.